The van der Waals surface area contributed by atoms with Crippen LogP contribution in [0.5, 0.6) is 0 Å². The van der Waals surface area contributed by atoms with Crippen LogP contribution in [-0.2, 0) is 11.0 Å². The Balaban J connectivity index is 1.12. The van der Waals surface area contributed by atoms with Gasteiger partial charge in [-0.15, -0.1) is 0 Å². The lowest BCUT2D eigenvalue weighted by molar-refractivity contribution is -0.137. The first kappa shape index (κ1) is 28.9. The molecule has 2 atom stereocenters. The first-order valence-corrected chi connectivity index (χ1v) is 14.1. The largest absolute Gasteiger partial charge is 0.416 e. The summed E-state index contributed by atoms with van der Waals surface area (Å²) in [4.78, 5) is 48.0. The average Bonchev–Trinajstić information content (AvgIpc) is 3.60. The van der Waals surface area contributed by atoms with Gasteiger partial charge in [0.05, 0.1) is 18.2 Å². The number of likely N-dealkylation sites (N-methyl/N-ethyl adjacent to an activating group) is 2. The van der Waals surface area contributed by atoms with E-state index in [9.17, 15) is 27.6 Å². The third-order valence-electron chi connectivity index (χ3n) is 8.64. The summed E-state index contributed by atoms with van der Waals surface area (Å²) in [6.45, 7) is 4.56. The number of rotatable bonds is 6. The second kappa shape index (κ2) is 11.7. The van der Waals surface area contributed by atoms with E-state index in [0.717, 1.165) is 44.6 Å². The quantitative estimate of drug-likeness (QED) is 0.528. The molecule has 3 saturated heterocycles. The molecule has 0 saturated carbocycles. The van der Waals surface area contributed by atoms with Crippen LogP contribution in [0, 0.1) is 0 Å². The zero-order valence-corrected chi connectivity index (χ0v) is 23.4. The molecule has 3 heterocycles. The summed E-state index contributed by atoms with van der Waals surface area (Å²) in [5.41, 5.74) is 1.12. The highest BCUT2D eigenvalue weighted by Gasteiger charge is 2.37. The number of amides is 4. The van der Waals surface area contributed by atoms with Crippen LogP contribution in [0.15, 0.2) is 48.5 Å². The van der Waals surface area contributed by atoms with Crippen LogP contribution < -0.4 is 0 Å². The van der Waals surface area contributed by atoms with Crippen LogP contribution in [-0.4, -0.2) is 114 Å². The minimum atomic E-state index is -4.39. The van der Waals surface area contributed by atoms with Crippen LogP contribution in [0.2, 0.25) is 0 Å². The van der Waals surface area contributed by atoms with E-state index in [2.05, 4.69) is 4.90 Å². The van der Waals surface area contributed by atoms with Gasteiger partial charge in [0.1, 0.15) is 0 Å². The molecule has 3 fully saturated rings. The Morgan fingerprint density at radius 2 is 1.37 bits per heavy atom. The Bertz CT molecular complexity index is 1260. The monoisotopic (exact) mass is 571 g/mol. The molecule has 3 aliphatic heterocycles. The second-order valence-corrected chi connectivity index (χ2v) is 11.3. The minimum absolute atomic E-state index is 0.0493. The van der Waals surface area contributed by atoms with Gasteiger partial charge in [0.15, 0.2) is 0 Å². The molecule has 220 valence electrons. The zero-order chi connectivity index (χ0) is 29.3. The van der Waals surface area contributed by atoms with Crippen molar-refractivity contribution in [1.82, 2.24) is 24.5 Å². The van der Waals surface area contributed by atoms with Gasteiger partial charge in [-0.25, -0.2) is 4.79 Å². The first-order chi connectivity index (χ1) is 19.5. The Morgan fingerprint density at radius 1 is 0.780 bits per heavy atom. The molecule has 4 amide bonds. The Morgan fingerprint density at radius 3 is 1.95 bits per heavy atom. The highest BCUT2D eigenvalue weighted by atomic mass is 19.4. The van der Waals surface area contributed by atoms with Gasteiger partial charge in [0.2, 0.25) is 5.91 Å². The maximum Gasteiger partial charge on any atom is 0.416 e. The highest BCUT2D eigenvalue weighted by Crippen LogP contribution is 2.31. The Kier molecular flexibility index (Phi) is 8.26. The smallest absolute Gasteiger partial charge is 0.341 e. The van der Waals surface area contributed by atoms with Crippen molar-refractivity contribution in [2.75, 3.05) is 59.9 Å². The summed E-state index contributed by atoms with van der Waals surface area (Å²) in [5, 5.41) is 0. The molecule has 3 aliphatic rings. The molecule has 0 spiro atoms. The number of alkyl halides is 3. The number of halogens is 3. The van der Waals surface area contributed by atoms with Gasteiger partial charge in [0, 0.05) is 65.0 Å². The van der Waals surface area contributed by atoms with Gasteiger partial charge in [-0.2, -0.15) is 13.2 Å². The standard InChI is InChI=1S/C30H36F3N5O3/c1-34(28(40)23-6-4-21(5-7-23)22-8-10-24(11-9-22)30(31,32)33)26-13-17-38(19-26)29(41)35(2)25-12-16-36(18-25)20-27(39)37-14-3-15-37/h4-11,25-26H,3,12-20H2,1-2H3/t25-,26+/m1/s1. The summed E-state index contributed by atoms with van der Waals surface area (Å²) in [7, 11) is 3.55. The molecule has 0 unspecified atom stereocenters. The fourth-order valence-electron chi connectivity index (χ4n) is 5.77. The van der Waals surface area contributed by atoms with Gasteiger partial charge < -0.3 is 19.6 Å². The van der Waals surface area contributed by atoms with E-state index in [-0.39, 0.29) is 29.9 Å². The third kappa shape index (κ3) is 6.34. The predicted octanol–water partition coefficient (Wildman–Crippen LogP) is 3.88. The SMILES string of the molecule is CN(C(=O)c1ccc(-c2ccc(C(F)(F)F)cc2)cc1)[C@H]1CCN(C(=O)N(C)[C@@H]2CCN(CC(=O)N3CCC3)C2)C1. The van der Waals surface area contributed by atoms with E-state index < -0.39 is 11.7 Å². The molecule has 8 nitrogen and oxygen atoms in total. The third-order valence-corrected chi connectivity index (χ3v) is 8.64. The number of benzene rings is 2. The van der Waals surface area contributed by atoms with Crippen molar-refractivity contribution >= 4 is 17.8 Å². The van der Waals surface area contributed by atoms with Crippen molar-refractivity contribution in [2.45, 2.75) is 37.5 Å². The van der Waals surface area contributed by atoms with Gasteiger partial charge >= 0.3 is 12.2 Å². The van der Waals surface area contributed by atoms with Crippen LogP contribution in [0.3, 0.4) is 0 Å². The van der Waals surface area contributed by atoms with Gasteiger partial charge in [-0.3, -0.25) is 14.5 Å². The molecule has 2 aromatic rings. The van der Waals surface area contributed by atoms with E-state index >= 15 is 0 Å². The highest BCUT2D eigenvalue weighted by molar-refractivity contribution is 5.95. The van der Waals surface area contributed by atoms with Crippen molar-refractivity contribution in [3.05, 3.63) is 59.7 Å². The molecule has 2 aromatic carbocycles. The lowest BCUT2D eigenvalue weighted by Crippen LogP contribution is -2.49. The number of carbonyl (C=O) groups excluding carboxylic acids is 3. The van der Waals surface area contributed by atoms with Crippen molar-refractivity contribution < 1.29 is 27.6 Å². The molecule has 41 heavy (non-hydrogen) atoms. The van der Waals surface area contributed by atoms with E-state index in [1.54, 1.807) is 46.0 Å². The van der Waals surface area contributed by atoms with Gasteiger partial charge in [0.25, 0.3) is 5.91 Å². The van der Waals surface area contributed by atoms with Crippen molar-refractivity contribution in [1.29, 1.82) is 0 Å². The van der Waals surface area contributed by atoms with Crippen LogP contribution in [0.1, 0.15) is 35.2 Å². The topological polar surface area (TPSA) is 67.4 Å². The predicted molar refractivity (Wildman–Crippen MR) is 148 cm³/mol. The van der Waals surface area contributed by atoms with Crippen molar-refractivity contribution in [3.63, 3.8) is 0 Å². The number of hydrogen-bond acceptors (Lipinski definition) is 4. The van der Waals surface area contributed by atoms with E-state index in [1.807, 2.05) is 11.9 Å². The lowest BCUT2D eigenvalue weighted by Gasteiger charge is -2.33. The average molecular weight is 572 g/mol. The first-order valence-electron chi connectivity index (χ1n) is 14.1. The summed E-state index contributed by atoms with van der Waals surface area (Å²) < 4.78 is 38.6. The number of nitrogens with zero attached hydrogens (tertiary/aromatic N) is 5. The second-order valence-electron chi connectivity index (χ2n) is 11.3. The molecule has 5 rings (SSSR count). The molecule has 0 aromatic heterocycles. The maximum atomic E-state index is 13.3. The fraction of sp³-hybridized carbons (Fsp3) is 0.500. The number of urea groups is 1. The number of hydrogen-bond donors (Lipinski definition) is 0. The normalized spacial score (nSPS) is 21.1. The molecule has 11 heteroatoms. The van der Waals surface area contributed by atoms with Crippen LogP contribution >= 0.6 is 0 Å². The van der Waals surface area contributed by atoms with Crippen LogP contribution in [0.4, 0.5) is 18.0 Å². The maximum absolute atomic E-state index is 13.3. The summed E-state index contributed by atoms with van der Waals surface area (Å²) >= 11 is 0. The number of likely N-dealkylation sites (tertiary alicyclic amines) is 3. The number of carbonyl (C=O) groups is 3. The minimum Gasteiger partial charge on any atom is -0.341 e. The van der Waals surface area contributed by atoms with E-state index in [4.69, 9.17) is 0 Å². The van der Waals surface area contributed by atoms with Gasteiger partial charge in [-0.1, -0.05) is 24.3 Å². The molecule has 0 N–H and O–H groups in total. The summed E-state index contributed by atoms with van der Waals surface area (Å²) in [5.74, 6) is -0.00914. The lowest BCUT2D eigenvalue weighted by atomic mass is 10.0. The zero-order valence-electron chi connectivity index (χ0n) is 23.4. The van der Waals surface area contributed by atoms with E-state index in [0.29, 0.717) is 49.3 Å². The van der Waals surface area contributed by atoms with Crippen molar-refractivity contribution in [2.24, 2.45) is 0 Å². The van der Waals surface area contributed by atoms with Crippen LogP contribution in [0.25, 0.3) is 11.1 Å². The Hall–Kier alpha value is -3.60. The summed E-state index contributed by atoms with van der Waals surface area (Å²) in [6, 6.07) is 11.6. The van der Waals surface area contributed by atoms with E-state index in [1.165, 1.54) is 12.1 Å². The molecular weight excluding hydrogens is 535 g/mol. The molecule has 0 aliphatic carbocycles. The van der Waals surface area contributed by atoms with Gasteiger partial charge in [-0.05, 0) is 54.7 Å². The summed E-state index contributed by atoms with van der Waals surface area (Å²) in [6.07, 6.45) is -1.82. The molecular formula is C30H36F3N5O3. The Labute approximate surface area is 238 Å². The molecule has 0 bridgehead atoms. The fourth-order valence-corrected chi connectivity index (χ4v) is 5.77. The molecule has 0 radical (unpaired) electrons. The van der Waals surface area contributed by atoms with Crippen molar-refractivity contribution in [3.8, 4) is 11.1 Å².